The Kier molecular flexibility index (Phi) is 2.21. The molecule has 0 spiro atoms. The third-order valence-electron chi connectivity index (χ3n) is 3.30. The Balaban J connectivity index is 1.90. The quantitative estimate of drug-likeness (QED) is 0.703. The minimum absolute atomic E-state index is 0.0383. The third-order valence-corrected chi connectivity index (χ3v) is 3.30. The van der Waals surface area contributed by atoms with Crippen molar-refractivity contribution in [1.29, 1.82) is 0 Å². The second-order valence-corrected chi connectivity index (χ2v) is 4.44. The van der Waals surface area contributed by atoms with Crippen LogP contribution in [0.15, 0.2) is 0 Å². The zero-order valence-electron chi connectivity index (χ0n) is 8.82. The fourth-order valence-electron chi connectivity index (χ4n) is 2.45. The largest absolute Gasteiger partial charge is 0.310 e. The summed E-state index contributed by atoms with van der Waals surface area (Å²) in [6.45, 7) is 1.08. The van der Waals surface area contributed by atoms with Crippen LogP contribution in [0, 0.1) is 0 Å². The van der Waals surface area contributed by atoms with Crippen LogP contribution in [0.4, 0.5) is 0 Å². The Morgan fingerprint density at radius 1 is 1.33 bits per heavy atom. The van der Waals surface area contributed by atoms with E-state index in [-0.39, 0.29) is 6.17 Å². The van der Waals surface area contributed by atoms with Crippen LogP contribution in [0.2, 0.25) is 0 Å². The molecule has 2 aliphatic rings. The Hall–Kier alpha value is -0.940. The van der Waals surface area contributed by atoms with Gasteiger partial charge in [-0.1, -0.05) is 0 Å². The smallest absolute Gasteiger partial charge is 0.167 e. The topological polar surface area (TPSA) is 68.8 Å². The van der Waals surface area contributed by atoms with Crippen LogP contribution in [-0.4, -0.2) is 21.3 Å². The van der Waals surface area contributed by atoms with Crippen molar-refractivity contribution in [1.82, 2.24) is 20.1 Å². The maximum atomic E-state index is 6.00. The fourth-order valence-corrected chi connectivity index (χ4v) is 2.45. The van der Waals surface area contributed by atoms with Crippen LogP contribution in [0.3, 0.4) is 0 Å². The summed E-state index contributed by atoms with van der Waals surface area (Å²) in [7, 11) is 0. The van der Waals surface area contributed by atoms with Gasteiger partial charge in [0.1, 0.15) is 12.0 Å². The van der Waals surface area contributed by atoms with E-state index in [9.17, 15) is 0 Å². The van der Waals surface area contributed by atoms with Gasteiger partial charge in [-0.15, -0.1) is 0 Å². The lowest BCUT2D eigenvalue weighted by molar-refractivity contribution is 0.370. The molecule has 1 aromatic heterocycles. The lowest BCUT2D eigenvalue weighted by atomic mass is 10.1. The molecule has 0 aromatic carbocycles. The number of nitrogens with one attached hydrogen (secondary N) is 1. The Bertz CT molecular complexity index is 353. The Morgan fingerprint density at radius 3 is 3.00 bits per heavy atom. The number of rotatable bonds is 1. The molecule has 3 rings (SSSR count). The fraction of sp³-hybridized carbons (Fsp3) is 0.800. The van der Waals surface area contributed by atoms with E-state index in [0.717, 1.165) is 43.9 Å². The van der Waals surface area contributed by atoms with E-state index in [1.165, 1.54) is 6.42 Å². The van der Waals surface area contributed by atoms with E-state index in [0.29, 0.717) is 6.04 Å². The van der Waals surface area contributed by atoms with Crippen LogP contribution in [-0.2, 0) is 6.42 Å². The molecular formula is C10H17N5. The highest BCUT2D eigenvalue weighted by Gasteiger charge is 2.25. The third kappa shape index (κ3) is 1.55. The molecular weight excluding hydrogens is 190 g/mol. The van der Waals surface area contributed by atoms with Crippen LogP contribution in [0.25, 0.3) is 0 Å². The van der Waals surface area contributed by atoms with Gasteiger partial charge in [-0.25, -0.2) is 9.67 Å². The Labute approximate surface area is 89.1 Å². The van der Waals surface area contributed by atoms with E-state index in [1.807, 2.05) is 4.68 Å². The van der Waals surface area contributed by atoms with Crippen molar-refractivity contribution < 1.29 is 0 Å². The first kappa shape index (κ1) is 9.30. The number of fused-ring (bicyclic) bond motifs is 1. The van der Waals surface area contributed by atoms with E-state index in [2.05, 4.69) is 15.4 Å². The average molecular weight is 207 g/mol. The number of hydrogen-bond acceptors (Lipinski definition) is 4. The highest BCUT2D eigenvalue weighted by atomic mass is 15.4. The van der Waals surface area contributed by atoms with E-state index in [4.69, 9.17) is 5.73 Å². The number of aryl methyl sites for hydroxylation is 1. The summed E-state index contributed by atoms with van der Waals surface area (Å²) < 4.78 is 1.92. The first-order valence-electron chi connectivity index (χ1n) is 5.79. The molecule has 2 atom stereocenters. The molecule has 1 fully saturated rings. The zero-order valence-corrected chi connectivity index (χ0v) is 8.82. The molecule has 0 radical (unpaired) electrons. The predicted octanol–water partition coefficient (Wildman–Crippen LogP) is 0.496. The van der Waals surface area contributed by atoms with Gasteiger partial charge in [0.15, 0.2) is 5.82 Å². The van der Waals surface area contributed by atoms with Crippen LogP contribution >= 0.6 is 0 Å². The summed E-state index contributed by atoms with van der Waals surface area (Å²) in [5.74, 6) is 2.01. The van der Waals surface area contributed by atoms with Gasteiger partial charge in [0.25, 0.3) is 0 Å². The molecule has 3 heterocycles. The van der Waals surface area contributed by atoms with Crippen LogP contribution < -0.4 is 11.1 Å². The van der Waals surface area contributed by atoms with Gasteiger partial charge >= 0.3 is 0 Å². The first-order chi connectivity index (χ1) is 7.34. The number of nitrogens with two attached hydrogens (primary N) is 1. The molecule has 0 bridgehead atoms. The molecule has 82 valence electrons. The molecule has 2 aliphatic heterocycles. The second kappa shape index (κ2) is 3.57. The molecule has 2 unspecified atom stereocenters. The number of aromatic nitrogens is 3. The van der Waals surface area contributed by atoms with Gasteiger partial charge in [-0.05, 0) is 32.2 Å². The van der Waals surface area contributed by atoms with Gasteiger partial charge in [-0.2, -0.15) is 5.10 Å². The summed E-state index contributed by atoms with van der Waals surface area (Å²) in [5, 5.41) is 7.95. The molecule has 15 heavy (non-hydrogen) atoms. The summed E-state index contributed by atoms with van der Waals surface area (Å²) in [5.41, 5.74) is 6.00. The normalized spacial score (nSPS) is 30.5. The summed E-state index contributed by atoms with van der Waals surface area (Å²) in [6, 6.07) is 0.357. The highest BCUT2D eigenvalue weighted by molar-refractivity contribution is 5.03. The molecule has 0 saturated carbocycles. The van der Waals surface area contributed by atoms with E-state index in [1.54, 1.807) is 0 Å². The monoisotopic (exact) mass is 207 g/mol. The molecule has 0 aliphatic carbocycles. The van der Waals surface area contributed by atoms with Crippen molar-refractivity contribution in [2.75, 3.05) is 6.54 Å². The maximum absolute atomic E-state index is 6.00. The average Bonchev–Trinajstić information content (AvgIpc) is 2.86. The lowest BCUT2D eigenvalue weighted by Gasteiger charge is -2.18. The standard InChI is InChI=1S/C10H17N5/c11-8-4-1-5-9-13-10(14-15(8)9)7-3-2-6-12-7/h7-8,12H,1-6,11H2. The number of hydrogen-bond donors (Lipinski definition) is 2. The zero-order chi connectivity index (χ0) is 10.3. The van der Waals surface area contributed by atoms with Crippen molar-refractivity contribution in [2.45, 2.75) is 44.3 Å². The summed E-state index contributed by atoms with van der Waals surface area (Å²) in [4.78, 5) is 4.59. The molecule has 0 amide bonds. The minimum Gasteiger partial charge on any atom is -0.310 e. The van der Waals surface area contributed by atoms with Crippen molar-refractivity contribution in [3.63, 3.8) is 0 Å². The minimum atomic E-state index is 0.0383. The second-order valence-electron chi connectivity index (χ2n) is 4.44. The lowest BCUT2D eigenvalue weighted by Crippen LogP contribution is -2.26. The van der Waals surface area contributed by atoms with Crippen molar-refractivity contribution >= 4 is 0 Å². The van der Waals surface area contributed by atoms with E-state index < -0.39 is 0 Å². The van der Waals surface area contributed by atoms with Crippen LogP contribution in [0.5, 0.6) is 0 Å². The molecule has 1 aromatic rings. The van der Waals surface area contributed by atoms with Gasteiger partial charge in [0, 0.05) is 6.42 Å². The molecule has 1 saturated heterocycles. The molecule has 3 N–H and O–H groups in total. The summed E-state index contributed by atoms with van der Waals surface area (Å²) >= 11 is 0. The SMILES string of the molecule is NC1CCCc2nc(C3CCCN3)nn21. The molecule has 5 heteroatoms. The van der Waals surface area contributed by atoms with Crippen molar-refractivity contribution in [2.24, 2.45) is 5.73 Å². The van der Waals surface area contributed by atoms with E-state index >= 15 is 0 Å². The van der Waals surface area contributed by atoms with Gasteiger partial charge in [0.2, 0.25) is 0 Å². The van der Waals surface area contributed by atoms with Crippen molar-refractivity contribution in [3.8, 4) is 0 Å². The van der Waals surface area contributed by atoms with Crippen LogP contribution in [0.1, 0.15) is 49.5 Å². The van der Waals surface area contributed by atoms with Crippen molar-refractivity contribution in [3.05, 3.63) is 11.6 Å². The molecule has 5 nitrogen and oxygen atoms in total. The number of nitrogens with zero attached hydrogens (tertiary/aromatic N) is 3. The highest BCUT2D eigenvalue weighted by Crippen LogP contribution is 2.24. The van der Waals surface area contributed by atoms with Gasteiger partial charge < -0.3 is 11.1 Å². The Morgan fingerprint density at radius 2 is 2.27 bits per heavy atom. The predicted molar refractivity (Wildman–Crippen MR) is 56.2 cm³/mol. The van der Waals surface area contributed by atoms with Gasteiger partial charge in [0.05, 0.1) is 6.04 Å². The summed E-state index contributed by atoms with van der Waals surface area (Å²) in [6.07, 6.45) is 5.59. The first-order valence-corrected chi connectivity index (χ1v) is 5.79. The van der Waals surface area contributed by atoms with Gasteiger partial charge in [-0.3, -0.25) is 0 Å². The maximum Gasteiger partial charge on any atom is 0.167 e.